The fourth-order valence-electron chi connectivity index (χ4n) is 1.53. The first-order valence-electron chi connectivity index (χ1n) is 5.76. The predicted molar refractivity (Wildman–Crippen MR) is 70.4 cm³/mol. The van der Waals surface area contributed by atoms with Gasteiger partial charge in [-0.05, 0) is 23.6 Å². The smallest absolute Gasteiger partial charge is 0.240 e. The van der Waals surface area contributed by atoms with Gasteiger partial charge in [-0.2, -0.15) is 4.98 Å². The Morgan fingerprint density at radius 1 is 1.28 bits per heavy atom. The fraction of sp³-hybridized carbons (Fsp3) is 0.231. The summed E-state index contributed by atoms with van der Waals surface area (Å²) < 4.78 is 5.66. The molecule has 5 nitrogen and oxygen atoms in total. The molecule has 0 bridgehead atoms. The van der Waals surface area contributed by atoms with E-state index in [1.807, 2.05) is 18.2 Å². The zero-order chi connectivity index (χ0) is 13.0. The van der Waals surface area contributed by atoms with E-state index in [0.29, 0.717) is 17.7 Å². The van der Waals surface area contributed by atoms with Gasteiger partial charge < -0.3 is 4.74 Å². The van der Waals surface area contributed by atoms with Crippen LogP contribution in [0.5, 0.6) is 11.6 Å². The largest absolute Gasteiger partial charge is 0.439 e. The molecule has 0 aliphatic rings. The van der Waals surface area contributed by atoms with Gasteiger partial charge in [-0.1, -0.05) is 26.0 Å². The lowest BCUT2D eigenvalue weighted by molar-refractivity contribution is 0.461. The van der Waals surface area contributed by atoms with Crippen LogP contribution in [-0.2, 0) is 0 Å². The number of hydrogen-bond donors (Lipinski definition) is 2. The highest BCUT2D eigenvalue weighted by Crippen LogP contribution is 2.24. The van der Waals surface area contributed by atoms with E-state index in [1.54, 1.807) is 12.3 Å². The van der Waals surface area contributed by atoms with E-state index in [1.165, 1.54) is 5.56 Å². The molecule has 1 aromatic heterocycles. The van der Waals surface area contributed by atoms with Crippen LogP contribution in [0.15, 0.2) is 36.5 Å². The summed E-state index contributed by atoms with van der Waals surface area (Å²) in [5.74, 6) is 7.24. The standard InChI is InChI=1S/C13H16N4O/c1-9(2)10-4-3-5-11(8-10)18-12-6-7-15-13(16-12)17-14/h3-9H,14H2,1-2H3,(H,15,16,17). The SMILES string of the molecule is CC(C)c1cccc(Oc2ccnc(NN)n2)c1. The molecule has 18 heavy (non-hydrogen) atoms. The molecule has 0 spiro atoms. The molecule has 0 saturated carbocycles. The number of benzene rings is 1. The van der Waals surface area contributed by atoms with Gasteiger partial charge in [-0.3, -0.25) is 5.43 Å². The number of ether oxygens (including phenoxy) is 1. The van der Waals surface area contributed by atoms with Crippen molar-refractivity contribution in [3.63, 3.8) is 0 Å². The first kappa shape index (κ1) is 12.3. The van der Waals surface area contributed by atoms with E-state index < -0.39 is 0 Å². The van der Waals surface area contributed by atoms with Crippen molar-refractivity contribution in [2.75, 3.05) is 5.43 Å². The molecular weight excluding hydrogens is 228 g/mol. The molecule has 0 saturated heterocycles. The van der Waals surface area contributed by atoms with E-state index in [2.05, 4.69) is 35.3 Å². The number of hydrogen-bond acceptors (Lipinski definition) is 5. The summed E-state index contributed by atoms with van der Waals surface area (Å²) in [6.07, 6.45) is 1.59. The van der Waals surface area contributed by atoms with Crippen molar-refractivity contribution < 1.29 is 4.74 Å². The number of rotatable bonds is 4. The quantitative estimate of drug-likeness (QED) is 0.639. The van der Waals surface area contributed by atoms with Gasteiger partial charge in [0.25, 0.3) is 0 Å². The normalized spacial score (nSPS) is 10.4. The van der Waals surface area contributed by atoms with Gasteiger partial charge in [0.2, 0.25) is 11.8 Å². The van der Waals surface area contributed by atoms with Crippen molar-refractivity contribution in [2.45, 2.75) is 19.8 Å². The Morgan fingerprint density at radius 2 is 2.11 bits per heavy atom. The van der Waals surface area contributed by atoms with E-state index in [0.717, 1.165) is 5.75 Å². The fourth-order valence-corrected chi connectivity index (χ4v) is 1.53. The van der Waals surface area contributed by atoms with Crippen LogP contribution >= 0.6 is 0 Å². The Morgan fingerprint density at radius 3 is 2.83 bits per heavy atom. The Kier molecular flexibility index (Phi) is 3.74. The Balaban J connectivity index is 2.20. The molecule has 0 fully saturated rings. The summed E-state index contributed by atoms with van der Waals surface area (Å²) in [5, 5.41) is 0. The van der Waals surface area contributed by atoms with Crippen LogP contribution in [0.2, 0.25) is 0 Å². The zero-order valence-corrected chi connectivity index (χ0v) is 10.4. The maximum atomic E-state index is 5.66. The van der Waals surface area contributed by atoms with Gasteiger partial charge in [0.05, 0.1) is 0 Å². The van der Waals surface area contributed by atoms with E-state index in [-0.39, 0.29) is 0 Å². The molecule has 1 aromatic carbocycles. The molecule has 0 aliphatic heterocycles. The highest BCUT2D eigenvalue weighted by molar-refractivity contribution is 5.34. The van der Waals surface area contributed by atoms with Crippen molar-refractivity contribution in [3.8, 4) is 11.6 Å². The molecule has 0 radical (unpaired) electrons. The molecule has 5 heteroatoms. The average molecular weight is 244 g/mol. The van der Waals surface area contributed by atoms with Gasteiger partial charge in [-0.25, -0.2) is 10.8 Å². The van der Waals surface area contributed by atoms with E-state index >= 15 is 0 Å². The molecule has 0 aliphatic carbocycles. The highest BCUT2D eigenvalue weighted by Gasteiger charge is 2.03. The number of aromatic nitrogens is 2. The van der Waals surface area contributed by atoms with Gasteiger partial charge in [0, 0.05) is 12.3 Å². The molecular formula is C13H16N4O. The van der Waals surface area contributed by atoms with Crippen LogP contribution in [0.1, 0.15) is 25.3 Å². The number of nitrogens with one attached hydrogen (secondary N) is 1. The molecule has 94 valence electrons. The predicted octanol–water partition coefficient (Wildman–Crippen LogP) is 2.68. The molecule has 2 aromatic rings. The molecule has 1 heterocycles. The van der Waals surface area contributed by atoms with Gasteiger partial charge >= 0.3 is 0 Å². The number of nitrogen functional groups attached to an aromatic ring is 1. The summed E-state index contributed by atoms with van der Waals surface area (Å²) in [6.45, 7) is 4.28. The van der Waals surface area contributed by atoms with Crippen LogP contribution in [0, 0.1) is 0 Å². The minimum absolute atomic E-state index is 0.326. The van der Waals surface area contributed by atoms with E-state index in [4.69, 9.17) is 10.6 Å². The van der Waals surface area contributed by atoms with Crippen molar-refractivity contribution in [2.24, 2.45) is 5.84 Å². The minimum atomic E-state index is 0.326. The molecule has 2 rings (SSSR count). The van der Waals surface area contributed by atoms with Crippen molar-refractivity contribution in [1.29, 1.82) is 0 Å². The average Bonchev–Trinajstić information content (AvgIpc) is 2.39. The summed E-state index contributed by atoms with van der Waals surface area (Å²) in [4.78, 5) is 8.01. The van der Waals surface area contributed by atoms with Crippen LogP contribution < -0.4 is 16.0 Å². The third-order valence-electron chi connectivity index (χ3n) is 2.51. The van der Waals surface area contributed by atoms with Crippen LogP contribution in [0.4, 0.5) is 5.95 Å². The summed E-state index contributed by atoms with van der Waals surface area (Å²) >= 11 is 0. The summed E-state index contributed by atoms with van der Waals surface area (Å²) in [5.41, 5.74) is 3.60. The van der Waals surface area contributed by atoms with Gasteiger partial charge in [-0.15, -0.1) is 0 Å². The second kappa shape index (κ2) is 5.46. The Bertz CT molecular complexity index is 528. The van der Waals surface area contributed by atoms with Crippen molar-refractivity contribution in [1.82, 2.24) is 9.97 Å². The van der Waals surface area contributed by atoms with E-state index in [9.17, 15) is 0 Å². The first-order valence-corrected chi connectivity index (χ1v) is 5.76. The zero-order valence-electron chi connectivity index (χ0n) is 10.4. The maximum absolute atomic E-state index is 5.66. The summed E-state index contributed by atoms with van der Waals surface area (Å²) in [6, 6.07) is 9.62. The van der Waals surface area contributed by atoms with Crippen molar-refractivity contribution >= 4 is 5.95 Å². The first-order chi connectivity index (χ1) is 8.69. The van der Waals surface area contributed by atoms with Gasteiger partial charge in [0.15, 0.2) is 0 Å². The second-order valence-electron chi connectivity index (χ2n) is 4.19. The lowest BCUT2D eigenvalue weighted by atomic mass is 10.0. The topological polar surface area (TPSA) is 73.1 Å². The maximum Gasteiger partial charge on any atom is 0.240 e. The number of nitrogens with zero attached hydrogens (tertiary/aromatic N) is 2. The minimum Gasteiger partial charge on any atom is -0.439 e. The molecule has 3 N–H and O–H groups in total. The van der Waals surface area contributed by atoms with Crippen LogP contribution in [-0.4, -0.2) is 9.97 Å². The highest BCUT2D eigenvalue weighted by atomic mass is 16.5. The molecule has 0 amide bonds. The molecule has 0 unspecified atom stereocenters. The third kappa shape index (κ3) is 2.95. The lowest BCUT2D eigenvalue weighted by Gasteiger charge is -2.09. The Labute approximate surface area is 106 Å². The number of hydrazine groups is 1. The van der Waals surface area contributed by atoms with Crippen LogP contribution in [0.3, 0.4) is 0 Å². The van der Waals surface area contributed by atoms with Crippen LogP contribution in [0.25, 0.3) is 0 Å². The summed E-state index contributed by atoms with van der Waals surface area (Å²) in [7, 11) is 0. The number of anilines is 1. The molecule has 0 atom stereocenters. The number of nitrogens with two attached hydrogens (primary N) is 1. The second-order valence-corrected chi connectivity index (χ2v) is 4.19. The third-order valence-corrected chi connectivity index (χ3v) is 2.51. The Hall–Kier alpha value is -2.14. The van der Waals surface area contributed by atoms with Crippen molar-refractivity contribution in [3.05, 3.63) is 42.1 Å². The van der Waals surface area contributed by atoms with Gasteiger partial charge in [0.1, 0.15) is 5.75 Å². The monoisotopic (exact) mass is 244 g/mol. The lowest BCUT2D eigenvalue weighted by Crippen LogP contribution is -2.10.